The molecule has 1 amide bonds. The van der Waals surface area contributed by atoms with Crippen LogP contribution in [0.3, 0.4) is 0 Å². The van der Waals surface area contributed by atoms with E-state index in [0.29, 0.717) is 41.3 Å². The maximum absolute atomic E-state index is 15.4. The number of ether oxygens (including phenoxy) is 1. The lowest BCUT2D eigenvalue weighted by Gasteiger charge is -2.25. The van der Waals surface area contributed by atoms with Crippen molar-refractivity contribution < 1.29 is 13.9 Å². The number of carbonyl (C=O) groups is 1. The largest absolute Gasteiger partial charge is 0.457 e. The minimum absolute atomic E-state index is 0.122. The molecular weight excluding hydrogens is 509 g/mol. The lowest BCUT2D eigenvalue weighted by atomic mass is 9.93. The molecule has 4 aromatic rings. The third kappa shape index (κ3) is 5.50. The average molecular weight is 540 g/mol. The van der Waals surface area contributed by atoms with Crippen molar-refractivity contribution in [3.63, 3.8) is 0 Å². The Balaban J connectivity index is 1.48. The average Bonchev–Trinajstić information content (AvgIpc) is 3.53. The van der Waals surface area contributed by atoms with Crippen LogP contribution in [0.2, 0.25) is 0 Å². The molecule has 1 aliphatic rings. The Morgan fingerprint density at radius 3 is 2.67 bits per heavy atom. The van der Waals surface area contributed by atoms with Gasteiger partial charge in [0.1, 0.15) is 46.8 Å². The van der Waals surface area contributed by atoms with E-state index in [1.54, 1.807) is 39.9 Å². The van der Waals surface area contributed by atoms with Crippen molar-refractivity contribution in [2.75, 3.05) is 12.3 Å². The molecule has 9 nitrogen and oxygen atoms in total. The minimum Gasteiger partial charge on any atom is -0.457 e. The molecule has 40 heavy (non-hydrogen) atoms. The van der Waals surface area contributed by atoms with E-state index < -0.39 is 5.82 Å². The topological polar surface area (TPSA) is 123 Å². The summed E-state index contributed by atoms with van der Waals surface area (Å²) >= 11 is 0. The molecule has 2 aromatic heterocycles. The number of nitriles is 1. The number of amides is 1. The lowest BCUT2D eigenvalue weighted by molar-refractivity contribution is -0.127. The van der Waals surface area contributed by atoms with Gasteiger partial charge in [-0.05, 0) is 42.5 Å². The monoisotopic (exact) mass is 539 g/mol. The van der Waals surface area contributed by atoms with Gasteiger partial charge in [0.25, 0.3) is 5.91 Å². The molecule has 204 valence electrons. The normalized spacial score (nSPS) is 15.8. The van der Waals surface area contributed by atoms with Crippen LogP contribution in [0.25, 0.3) is 22.3 Å². The number of carbonyl (C=O) groups excluding carboxylic acids is 1. The van der Waals surface area contributed by atoms with Crippen LogP contribution in [0, 0.1) is 22.6 Å². The first kappa shape index (κ1) is 26.8. The second-order valence-electron chi connectivity index (χ2n) is 10.9. The molecule has 1 aliphatic heterocycles. The molecule has 3 heterocycles. The number of nitrogens with two attached hydrogens (primary N) is 1. The van der Waals surface area contributed by atoms with E-state index >= 15 is 4.39 Å². The maximum Gasteiger partial charge on any atom is 0.264 e. The summed E-state index contributed by atoms with van der Waals surface area (Å²) in [6.07, 6.45) is 4.57. The zero-order valence-corrected chi connectivity index (χ0v) is 22.6. The van der Waals surface area contributed by atoms with Crippen molar-refractivity contribution in [3.05, 3.63) is 72.3 Å². The first-order valence-electron chi connectivity index (χ1n) is 13.1. The number of nitrogen functional groups attached to an aromatic ring is 1. The second kappa shape index (κ2) is 10.8. The Morgan fingerprint density at radius 2 is 1.98 bits per heavy atom. The van der Waals surface area contributed by atoms with E-state index in [2.05, 4.69) is 16.0 Å². The molecule has 2 N–H and O–H groups in total. The number of benzene rings is 2. The van der Waals surface area contributed by atoms with Gasteiger partial charge in [-0.3, -0.25) is 4.79 Å². The first-order chi connectivity index (χ1) is 19.1. The SMILES string of the molecule is CC(C)(C)/C=C(/C#N)C(=O)N1CCC[C@H]1Cn1nc(-c2ccc(Oc3ccccc3)cc2F)c2c(N)ncnc21. The fourth-order valence-corrected chi connectivity index (χ4v) is 4.94. The van der Waals surface area contributed by atoms with Gasteiger partial charge in [-0.2, -0.15) is 10.4 Å². The van der Waals surface area contributed by atoms with Crippen LogP contribution in [-0.4, -0.2) is 43.1 Å². The highest BCUT2D eigenvalue weighted by Crippen LogP contribution is 2.35. The second-order valence-corrected chi connectivity index (χ2v) is 10.9. The number of para-hydroxylation sites is 1. The zero-order valence-electron chi connectivity index (χ0n) is 22.6. The van der Waals surface area contributed by atoms with Gasteiger partial charge in [0.15, 0.2) is 5.65 Å². The molecule has 1 saturated heterocycles. The number of rotatable bonds is 6. The van der Waals surface area contributed by atoms with Crippen LogP contribution in [0.5, 0.6) is 11.5 Å². The number of hydrogen-bond acceptors (Lipinski definition) is 7. The van der Waals surface area contributed by atoms with Crippen LogP contribution in [0.4, 0.5) is 10.2 Å². The minimum atomic E-state index is -0.535. The number of nitrogens with zero attached hydrogens (tertiary/aromatic N) is 6. The molecule has 1 atom stereocenters. The molecule has 0 aliphatic carbocycles. The lowest BCUT2D eigenvalue weighted by Crippen LogP contribution is -2.39. The van der Waals surface area contributed by atoms with Gasteiger partial charge in [-0.15, -0.1) is 0 Å². The van der Waals surface area contributed by atoms with Gasteiger partial charge in [0.05, 0.1) is 18.0 Å². The van der Waals surface area contributed by atoms with E-state index in [1.807, 2.05) is 39.0 Å². The van der Waals surface area contributed by atoms with Gasteiger partial charge in [0, 0.05) is 18.2 Å². The van der Waals surface area contributed by atoms with Gasteiger partial charge < -0.3 is 15.4 Å². The van der Waals surface area contributed by atoms with Crippen molar-refractivity contribution >= 4 is 22.8 Å². The Labute approximate surface area is 231 Å². The summed E-state index contributed by atoms with van der Waals surface area (Å²) in [5, 5.41) is 14.8. The van der Waals surface area contributed by atoms with Crippen molar-refractivity contribution in [1.29, 1.82) is 5.26 Å². The third-order valence-corrected chi connectivity index (χ3v) is 6.68. The zero-order chi connectivity index (χ0) is 28.4. The number of hydrogen-bond donors (Lipinski definition) is 1. The van der Waals surface area contributed by atoms with Gasteiger partial charge >= 0.3 is 0 Å². The Hall–Kier alpha value is -4.78. The number of halogens is 1. The smallest absolute Gasteiger partial charge is 0.264 e. The highest BCUT2D eigenvalue weighted by molar-refractivity contribution is 5.99. The molecule has 1 fully saturated rings. The summed E-state index contributed by atoms with van der Waals surface area (Å²) in [6.45, 7) is 6.68. The fraction of sp³-hybridized carbons (Fsp3) is 0.300. The summed E-state index contributed by atoms with van der Waals surface area (Å²) in [5.74, 6) is 0.277. The maximum atomic E-state index is 15.4. The van der Waals surface area contributed by atoms with E-state index in [4.69, 9.17) is 15.6 Å². The quantitative estimate of drug-likeness (QED) is 0.254. The van der Waals surface area contributed by atoms with Crippen molar-refractivity contribution in [1.82, 2.24) is 24.6 Å². The van der Waals surface area contributed by atoms with E-state index in [9.17, 15) is 10.1 Å². The van der Waals surface area contributed by atoms with Crippen LogP contribution >= 0.6 is 0 Å². The van der Waals surface area contributed by atoms with Crippen molar-refractivity contribution in [2.45, 2.75) is 46.2 Å². The number of fused-ring (bicyclic) bond motifs is 1. The van der Waals surface area contributed by atoms with E-state index in [0.717, 1.165) is 12.8 Å². The highest BCUT2D eigenvalue weighted by Gasteiger charge is 2.33. The third-order valence-electron chi connectivity index (χ3n) is 6.68. The Bertz CT molecular complexity index is 1630. The van der Waals surface area contributed by atoms with Crippen molar-refractivity contribution in [3.8, 4) is 28.8 Å². The fourth-order valence-electron chi connectivity index (χ4n) is 4.94. The molecule has 0 radical (unpaired) electrons. The number of anilines is 1. The molecule has 0 spiro atoms. The van der Waals surface area contributed by atoms with Crippen molar-refractivity contribution in [2.24, 2.45) is 5.41 Å². The summed E-state index contributed by atoms with van der Waals surface area (Å²) in [6, 6.07) is 15.5. The molecule has 2 aromatic carbocycles. The molecule has 0 saturated carbocycles. The van der Waals surface area contributed by atoms with Crippen LogP contribution in [-0.2, 0) is 11.3 Å². The Morgan fingerprint density at radius 1 is 1.20 bits per heavy atom. The van der Waals surface area contributed by atoms with Gasteiger partial charge in [-0.1, -0.05) is 45.0 Å². The standard InChI is InChI=1S/C30H30FN7O2/c1-30(2,3)15-19(16-32)29(39)37-13-7-8-20(37)17-38-28-25(27(33)34-18-35-28)26(36-38)23-12-11-22(14-24(23)31)40-21-9-5-4-6-10-21/h4-6,9-12,14-15,18,20H,7-8,13,17H2,1-3H3,(H2,33,34,35)/b19-15-/t20-/m0/s1. The van der Waals surface area contributed by atoms with E-state index in [1.165, 1.54) is 12.4 Å². The number of allylic oxidation sites excluding steroid dienone is 1. The predicted octanol–water partition coefficient (Wildman–Crippen LogP) is 5.49. The predicted molar refractivity (Wildman–Crippen MR) is 150 cm³/mol. The first-order valence-corrected chi connectivity index (χ1v) is 13.1. The summed E-state index contributed by atoms with van der Waals surface area (Å²) in [4.78, 5) is 23.5. The van der Waals surface area contributed by atoms with Crippen LogP contribution in [0.15, 0.2) is 66.5 Å². The van der Waals surface area contributed by atoms with Gasteiger partial charge in [-0.25, -0.2) is 19.0 Å². The van der Waals surface area contributed by atoms with Crippen LogP contribution in [0.1, 0.15) is 33.6 Å². The Kier molecular flexibility index (Phi) is 7.22. The molecule has 0 bridgehead atoms. The number of likely N-dealkylation sites (tertiary alicyclic amines) is 1. The van der Waals surface area contributed by atoms with Crippen LogP contribution < -0.4 is 10.5 Å². The van der Waals surface area contributed by atoms with E-state index in [-0.39, 0.29) is 34.3 Å². The molecule has 0 unspecified atom stereocenters. The molecule has 10 heteroatoms. The summed E-state index contributed by atoms with van der Waals surface area (Å²) in [7, 11) is 0. The molecular formula is C30H30FN7O2. The number of aromatic nitrogens is 4. The summed E-state index contributed by atoms with van der Waals surface area (Å²) in [5.41, 5.74) is 7.01. The van der Waals surface area contributed by atoms with Gasteiger partial charge in [0.2, 0.25) is 0 Å². The highest BCUT2D eigenvalue weighted by atomic mass is 19.1. The summed E-state index contributed by atoms with van der Waals surface area (Å²) < 4.78 is 22.9. The molecule has 5 rings (SSSR count).